The maximum atomic E-state index is 12.8. The topological polar surface area (TPSA) is 86.9 Å². The fourth-order valence-electron chi connectivity index (χ4n) is 5.06. The number of likely N-dealkylation sites (tertiary alicyclic amines) is 1. The quantitative estimate of drug-likeness (QED) is 0.685. The molecule has 2 N–H and O–H groups in total. The predicted octanol–water partition coefficient (Wildman–Crippen LogP) is 2.42. The van der Waals surface area contributed by atoms with Crippen molar-refractivity contribution in [2.24, 2.45) is 11.7 Å². The highest BCUT2D eigenvalue weighted by Crippen LogP contribution is 2.29. The molecule has 0 bridgehead atoms. The molecule has 2 aromatic rings. The van der Waals surface area contributed by atoms with Crippen LogP contribution in [0.4, 0.5) is 0 Å². The van der Waals surface area contributed by atoms with Crippen LogP contribution in [-0.2, 0) is 14.4 Å². The van der Waals surface area contributed by atoms with E-state index in [2.05, 4.69) is 53.4 Å². The van der Waals surface area contributed by atoms with Crippen molar-refractivity contribution in [2.45, 2.75) is 31.7 Å². The first-order valence-corrected chi connectivity index (χ1v) is 12.2. The molecule has 0 radical (unpaired) electrons. The van der Waals surface area contributed by atoms with Crippen LogP contribution in [0.3, 0.4) is 0 Å². The molecule has 0 aromatic heterocycles. The molecule has 0 atom stereocenters. The lowest BCUT2D eigenvalue weighted by Crippen LogP contribution is -2.50. The zero-order chi connectivity index (χ0) is 23.9. The summed E-state index contributed by atoms with van der Waals surface area (Å²) in [6, 6.07) is 21.1. The third-order valence-corrected chi connectivity index (χ3v) is 7.07. The Bertz CT molecular complexity index is 926. The zero-order valence-electron chi connectivity index (χ0n) is 19.6. The molecule has 3 amide bonds. The lowest BCUT2D eigenvalue weighted by Gasteiger charge is -2.40. The Hall–Kier alpha value is -3.19. The molecule has 2 heterocycles. The summed E-state index contributed by atoms with van der Waals surface area (Å²) >= 11 is 0. The van der Waals surface area contributed by atoms with Crippen LogP contribution in [0.1, 0.15) is 42.9 Å². The van der Waals surface area contributed by atoms with Crippen LogP contribution in [0, 0.1) is 5.92 Å². The number of hydrogen-bond donors (Lipinski definition) is 1. The third-order valence-electron chi connectivity index (χ3n) is 7.07. The molecule has 2 aliphatic heterocycles. The second kappa shape index (κ2) is 11.3. The number of nitrogens with two attached hydrogens (primary N) is 1. The Morgan fingerprint density at radius 1 is 0.706 bits per heavy atom. The number of piperidine rings is 1. The van der Waals surface area contributed by atoms with Crippen LogP contribution in [0.25, 0.3) is 0 Å². The average Bonchev–Trinajstić information content (AvgIpc) is 2.89. The van der Waals surface area contributed by atoms with Gasteiger partial charge in [0.15, 0.2) is 0 Å². The van der Waals surface area contributed by atoms with Gasteiger partial charge in [0.2, 0.25) is 17.7 Å². The van der Waals surface area contributed by atoms with Crippen LogP contribution >= 0.6 is 0 Å². The molecule has 2 saturated heterocycles. The number of piperazine rings is 1. The predicted molar refractivity (Wildman–Crippen MR) is 131 cm³/mol. The van der Waals surface area contributed by atoms with Gasteiger partial charge in [0.25, 0.3) is 0 Å². The van der Waals surface area contributed by atoms with Crippen LogP contribution in [0.2, 0.25) is 0 Å². The first-order chi connectivity index (χ1) is 16.5. The third kappa shape index (κ3) is 5.83. The zero-order valence-corrected chi connectivity index (χ0v) is 19.6. The minimum Gasteiger partial charge on any atom is -0.369 e. The van der Waals surface area contributed by atoms with Gasteiger partial charge in [-0.1, -0.05) is 60.7 Å². The van der Waals surface area contributed by atoms with Crippen molar-refractivity contribution in [1.29, 1.82) is 0 Å². The number of rotatable bonds is 7. The van der Waals surface area contributed by atoms with Crippen molar-refractivity contribution in [3.05, 3.63) is 71.8 Å². The number of carbonyl (C=O) groups is 3. The highest BCUT2D eigenvalue weighted by atomic mass is 16.2. The first kappa shape index (κ1) is 24.0. The molecular formula is C27H34N4O3. The number of nitrogens with zero attached hydrogens (tertiary/aromatic N) is 3. The smallest absolute Gasteiger partial charge is 0.223 e. The molecule has 2 fully saturated rings. The fraction of sp³-hybridized carbons (Fsp3) is 0.444. The maximum Gasteiger partial charge on any atom is 0.223 e. The summed E-state index contributed by atoms with van der Waals surface area (Å²) in [5.41, 5.74) is 7.87. The van der Waals surface area contributed by atoms with Crippen molar-refractivity contribution >= 4 is 17.7 Å². The lowest BCUT2D eigenvalue weighted by molar-refractivity contribution is -0.139. The van der Waals surface area contributed by atoms with Crippen molar-refractivity contribution in [1.82, 2.24) is 14.7 Å². The summed E-state index contributed by atoms with van der Waals surface area (Å²) in [6.45, 7) is 3.98. The van der Waals surface area contributed by atoms with Crippen molar-refractivity contribution in [3.8, 4) is 0 Å². The molecule has 0 saturated carbocycles. The highest BCUT2D eigenvalue weighted by molar-refractivity contribution is 5.84. The summed E-state index contributed by atoms with van der Waals surface area (Å²) in [5, 5.41) is 0. The fourth-order valence-corrected chi connectivity index (χ4v) is 5.06. The van der Waals surface area contributed by atoms with Gasteiger partial charge in [-0.05, 0) is 24.0 Å². The van der Waals surface area contributed by atoms with E-state index in [0.717, 1.165) is 13.1 Å². The molecule has 180 valence electrons. The summed E-state index contributed by atoms with van der Waals surface area (Å²) < 4.78 is 0. The van der Waals surface area contributed by atoms with E-state index in [1.165, 1.54) is 11.1 Å². The van der Waals surface area contributed by atoms with E-state index in [0.29, 0.717) is 39.0 Å². The van der Waals surface area contributed by atoms with E-state index in [4.69, 9.17) is 5.73 Å². The summed E-state index contributed by atoms with van der Waals surface area (Å²) in [5.74, 6) is -0.403. The van der Waals surface area contributed by atoms with Crippen LogP contribution in [-0.4, -0.2) is 71.7 Å². The largest absolute Gasteiger partial charge is 0.369 e. The number of primary amides is 1. The Balaban J connectivity index is 1.28. The van der Waals surface area contributed by atoms with Gasteiger partial charge < -0.3 is 15.5 Å². The average molecular weight is 463 g/mol. The van der Waals surface area contributed by atoms with E-state index in [1.54, 1.807) is 4.90 Å². The summed E-state index contributed by atoms with van der Waals surface area (Å²) in [7, 11) is 0. The Labute approximate surface area is 201 Å². The van der Waals surface area contributed by atoms with Gasteiger partial charge in [-0.2, -0.15) is 0 Å². The molecule has 0 unspecified atom stereocenters. The standard InChI is InChI=1S/C27H34N4O3/c28-27(34)23-13-15-29(16-14-23)24(32)11-12-25(33)30-17-19-31(20-18-30)26(21-7-3-1-4-8-21)22-9-5-2-6-10-22/h1-10,23,26H,11-20H2,(H2,28,34). The molecule has 2 aliphatic rings. The number of benzene rings is 2. The van der Waals surface area contributed by atoms with Gasteiger partial charge in [0, 0.05) is 58.0 Å². The normalized spacial score (nSPS) is 17.7. The van der Waals surface area contributed by atoms with Gasteiger partial charge in [-0.15, -0.1) is 0 Å². The minimum atomic E-state index is -0.289. The van der Waals surface area contributed by atoms with Gasteiger partial charge in [0.05, 0.1) is 6.04 Å². The second-order valence-corrected chi connectivity index (χ2v) is 9.20. The van der Waals surface area contributed by atoms with Gasteiger partial charge in [-0.3, -0.25) is 19.3 Å². The van der Waals surface area contributed by atoms with E-state index < -0.39 is 0 Å². The molecule has 34 heavy (non-hydrogen) atoms. The second-order valence-electron chi connectivity index (χ2n) is 9.20. The monoisotopic (exact) mass is 462 g/mol. The molecule has 2 aromatic carbocycles. The maximum absolute atomic E-state index is 12.8. The molecular weight excluding hydrogens is 428 g/mol. The summed E-state index contributed by atoms with van der Waals surface area (Å²) in [6.07, 6.45) is 1.67. The lowest BCUT2D eigenvalue weighted by atomic mass is 9.96. The SMILES string of the molecule is NC(=O)C1CCN(C(=O)CCC(=O)N2CCN(C(c3ccccc3)c3ccccc3)CC2)CC1. The van der Waals surface area contributed by atoms with Crippen LogP contribution < -0.4 is 5.73 Å². The van der Waals surface area contributed by atoms with Crippen LogP contribution in [0.15, 0.2) is 60.7 Å². The van der Waals surface area contributed by atoms with E-state index in [-0.39, 0.29) is 42.5 Å². The molecule has 4 rings (SSSR count). The molecule has 0 aliphatic carbocycles. The van der Waals surface area contributed by atoms with Crippen molar-refractivity contribution in [2.75, 3.05) is 39.3 Å². The van der Waals surface area contributed by atoms with E-state index in [9.17, 15) is 14.4 Å². The molecule has 7 heteroatoms. The summed E-state index contributed by atoms with van der Waals surface area (Å²) in [4.78, 5) is 42.8. The van der Waals surface area contributed by atoms with Crippen molar-refractivity contribution in [3.63, 3.8) is 0 Å². The van der Waals surface area contributed by atoms with Crippen molar-refractivity contribution < 1.29 is 14.4 Å². The highest BCUT2D eigenvalue weighted by Gasteiger charge is 2.29. The minimum absolute atomic E-state index is 0.0110. The Morgan fingerprint density at radius 2 is 1.15 bits per heavy atom. The first-order valence-electron chi connectivity index (χ1n) is 12.2. The number of carbonyl (C=O) groups excluding carboxylic acids is 3. The molecule has 7 nitrogen and oxygen atoms in total. The van der Waals surface area contributed by atoms with Crippen LogP contribution in [0.5, 0.6) is 0 Å². The van der Waals surface area contributed by atoms with Gasteiger partial charge in [0.1, 0.15) is 0 Å². The Kier molecular flexibility index (Phi) is 7.95. The van der Waals surface area contributed by atoms with E-state index >= 15 is 0 Å². The van der Waals surface area contributed by atoms with Gasteiger partial charge in [-0.25, -0.2) is 0 Å². The van der Waals surface area contributed by atoms with Gasteiger partial charge >= 0.3 is 0 Å². The number of hydrogen-bond acceptors (Lipinski definition) is 4. The van der Waals surface area contributed by atoms with E-state index in [1.807, 2.05) is 17.0 Å². The number of amides is 3. The molecule has 0 spiro atoms. The Morgan fingerprint density at radius 3 is 1.59 bits per heavy atom.